The molecular weight excluding hydrogens is 168 g/mol. The minimum absolute atomic E-state index is 0.538. The van der Waals surface area contributed by atoms with Gasteiger partial charge in [-0.05, 0) is 19.4 Å². The van der Waals surface area contributed by atoms with Gasteiger partial charge >= 0.3 is 0 Å². The quantitative estimate of drug-likeness (QED) is 0.469. The zero-order valence-corrected chi connectivity index (χ0v) is 7.15. The summed E-state index contributed by atoms with van der Waals surface area (Å²) in [4.78, 5) is 27.0. The average Bonchev–Trinajstić information content (AvgIpc) is 2.10. The molecule has 0 spiro atoms. The van der Waals surface area contributed by atoms with Crippen LogP contribution in [0, 0.1) is 0 Å². The SMILES string of the molecule is CC1(N=C=O)C=CC(N=C=O)=CC1. The van der Waals surface area contributed by atoms with Crippen molar-refractivity contribution in [3.05, 3.63) is 23.9 Å². The van der Waals surface area contributed by atoms with E-state index in [1.54, 1.807) is 25.2 Å². The van der Waals surface area contributed by atoms with Gasteiger partial charge in [-0.25, -0.2) is 9.59 Å². The van der Waals surface area contributed by atoms with Crippen molar-refractivity contribution in [3.63, 3.8) is 0 Å². The van der Waals surface area contributed by atoms with Crippen molar-refractivity contribution < 1.29 is 9.59 Å². The van der Waals surface area contributed by atoms with Crippen molar-refractivity contribution in [2.24, 2.45) is 9.98 Å². The van der Waals surface area contributed by atoms with Crippen molar-refractivity contribution >= 4 is 12.2 Å². The normalized spacial score (nSPS) is 25.5. The molecule has 0 aromatic rings. The van der Waals surface area contributed by atoms with Crippen LogP contribution in [0.1, 0.15) is 13.3 Å². The second-order valence-electron chi connectivity index (χ2n) is 2.93. The van der Waals surface area contributed by atoms with Crippen LogP contribution in [0.4, 0.5) is 0 Å². The van der Waals surface area contributed by atoms with Crippen LogP contribution in [-0.2, 0) is 9.59 Å². The lowest BCUT2D eigenvalue weighted by Crippen LogP contribution is -2.19. The molecule has 0 fully saturated rings. The van der Waals surface area contributed by atoms with Gasteiger partial charge in [-0.2, -0.15) is 9.98 Å². The van der Waals surface area contributed by atoms with Crippen molar-refractivity contribution in [1.82, 2.24) is 0 Å². The lowest BCUT2D eigenvalue weighted by molar-refractivity contribution is 0.537. The van der Waals surface area contributed by atoms with E-state index in [0.717, 1.165) is 0 Å². The molecule has 0 aliphatic heterocycles. The van der Waals surface area contributed by atoms with Crippen LogP contribution < -0.4 is 0 Å². The molecule has 0 amide bonds. The molecule has 0 saturated carbocycles. The molecule has 0 N–H and O–H groups in total. The van der Waals surface area contributed by atoms with Gasteiger partial charge in [0.25, 0.3) is 0 Å². The molecule has 0 aromatic carbocycles. The van der Waals surface area contributed by atoms with Crippen LogP contribution in [0.5, 0.6) is 0 Å². The van der Waals surface area contributed by atoms with E-state index in [1.807, 2.05) is 0 Å². The number of hydrogen-bond donors (Lipinski definition) is 0. The summed E-state index contributed by atoms with van der Waals surface area (Å²) in [6.07, 6.45) is 8.57. The van der Waals surface area contributed by atoms with Crippen LogP contribution in [-0.4, -0.2) is 17.7 Å². The molecule has 0 heterocycles. The fourth-order valence-electron chi connectivity index (χ4n) is 1.03. The van der Waals surface area contributed by atoms with Gasteiger partial charge in [0.2, 0.25) is 12.2 Å². The van der Waals surface area contributed by atoms with E-state index in [1.165, 1.54) is 12.2 Å². The summed E-state index contributed by atoms with van der Waals surface area (Å²) in [6, 6.07) is 0. The van der Waals surface area contributed by atoms with Gasteiger partial charge in [-0.3, -0.25) is 0 Å². The second kappa shape index (κ2) is 3.76. The minimum atomic E-state index is -0.538. The zero-order chi connectivity index (χ0) is 9.73. The topological polar surface area (TPSA) is 58.9 Å². The Balaban J connectivity index is 2.83. The first-order valence-corrected chi connectivity index (χ1v) is 3.76. The highest BCUT2D eigenvalue weighted by atomic mass is 16.1. The molecule has 0 bridgehead atoms. The van der Waals surface area contributed by atoms with Crippen molar-refractivity contribution in [2.75, 3.05) is 0 Å². The number of allylic oxidation sites excluding steroid dienone is 1. The molecule has 4 nitrogen and oxygen atoms in total. The largest absolute Gasteiger partial charge is 0.240 e. The molecule has 0 radical (unpaired) electrons. The molecule has 1 unspecified atom stereocenters. The van der Waals surface area contributed by atoms with Gasteiger partial charge in [-0.1, -0.05) is 12.2 Å². The van der Waals surface area contributed by atoms with Gasteiger partial charge in [0.05, 0.1) is 11.2 Å². The van der Waals surface area contributed by atoms with Gasteiger partial charge in [0.15, 0.2) is 0 Å². The van der Waals surface area contributed by atoms with E-state index in [2.05, 4.69) is 9.98 Å². The predicted octanol–water partition coefficient (Wildman–Crippen LogP) is 1.26. The Morgan fingerprint density at radius 1 is 1.46 bits per heavy atom. The van der Waals surface area contributed by atoms with Crippen LogP contribution >= 0.6 is 0 Å². The molecule has 66 valence electrons. The number of aliphatic imine (C=N–C) groups is 2. The van der Waals surface area contributed by atoms with Gasteiger partial charge in [0.1, 0.15) is 0 Å². The summed E-state index contributed by atoms with van der Waals surface area (Å²) in [5.74, 6) is 0. The maximum atomic E-state index is 10.1. The fraction of sp³-hybridized carbons (Fsp3) is 0.333. The molecule has 13 heavy (non-hydrogen) atoms. The number of nitrogens with zero attached hydrogens (tertiary/aromatic N) is 2. The Hall–Kier alpha value is -1.76. The third-order valence-corrected chi connectivity index (χ3v) is 1.81. The predicted molar refractivity (Wildman–Crippen MR) is 46.5 cm³/mol. The van der Waals surface area contributed by atoms with Crippen LogP contribution in [0.15, 0.2) is 33.9 Å². The van der Waals surface area contributed by atoms with Crippen LogP contribution in [0.25, 0.3) is 0 Å². The third-order valence-electron chi connectivity index (χ3n) is 1.81. The lowest BCUT2D eigenvalue weighted by Gasteiger charge is -2.19. The fourth-order valence-corrected chi connectivity index (χ4v) is 1.03. The van der Waals surface area contributed by atoms with Gasteiger partial charge in [-0.15, -0.1) is 0 Å². The summed E-state index contributed by atoms with van der Waals surface area (Å²) in [5, 5.41) is 0. The maximum absolute atomic E-state index is 10.1. The van der Waals surface area contributed by atoms with E-state index in [0.29, 0.717) is 12.1 Å². The average molecular weight is 176 g/mol. The minimum Gasteiger partial charge on any atom is -0.211 e. The van der Waals surface area contributed by atoms with E-state index in [4.69, 9.17) is 0 Å². The summed E-state index contributed by atoms with van der Waals surface area (Å²) in [7, 11) is 0. The number of hydrogen-bond acceptors (Lipinski definition) is 4. The maximum Gasteiger partial charge on any atom is 0.240 e. The molecular formula is C9H8N2O2. The molecule has 0 aromatic heterocycles. The summed E-state index contributed by atoms with van der Waals surface area (Å²) in [6.45, 7) is 1.80. The Labute approximate surface area is 75.4 Å². The highest BCUT2D eigenvalue weighted by Crippen LogP contribution is 2.24. The van der Waals surface area contributed by atoms with E-state index in [9.17, 15) is 9.59 Å². The molecule has 1 aliphatic carbocycles. The summed E-state index contributed by atoms with van der Waals surface area (Å²) >= 11 is 0. The van der Waals surface area contributed by atoms with E-state index >= 15 is 0 Å². The van der Waals surface area contributed by atoms with Crippen LogP contribution in [0.3, 0.4) is 0 Å². The summed E-state index contributed by atoms with van der Waals surface area (Å²) in [5.41, 5.74) is 0.0116. The van der Waals surface area contributed by atoms with Crippen molar-refractivity contribution in [1.29, 1.82) is 0 Å². The third kappa shape index (κ3) is 2.34. The van der Waals surface area contributed by atoms with E-state index < -0.39 is 5.54 Å². The highest BCUT2D eigenvalue weighted by molar-refractivity contribution is 5.43. The van der Waals surface area contributed by atoms with E-state index in [-0.39, 0.29) is 0 Å². The standard InChI is InChI=1S/C9H8N2O2/c1-9(11-7-13)4-2-8(3-5-9)10-6-12/h2-4H,5H2,1H3. The zero-order valence-electron chi connectivity index (χ0n) is 7.15. The second-order valence-corrected chi connectivity index (χ2v) is 2.93. The van der Waals surface area contributed by atoms with Crippen molar-refractivity contribution in [3.8, 4) is 0 Å². The highest BCUT2D eigenvalue weighted by Gasteiger charge is 2.21. The number of carbonyl (C=O) groups excluding carboxylic acids is 2. The number of rotatable bonds is 2. The van der Waals surface area contributed by atoms with Crippen LogP contribution in [0.2, 0.25) is 0 Å². The lowest BCUT2D eigenvalue weighted by atomic mass is 9.93. The monoisotopic (exact) mass is 176 g/mol. The Kier molecular flexibility index (Phi) is 2.70. The molecule has 1 atom stereocenters. The smallest absolute Gasteiger partial charge is 0.211 e. The Morgan fingerprint density at radius 2 is 2.23 bits per heavy atom. The van der Waals surface area contributed by atoms with Gasteiger partial charge in [0, 0.05) is 0 Å². The Bertz CT molecular complexity index is 358. The van der Waals surface area contributed by atoms with Gasteiger partial charge < -0.3 is 0 Å². The molecule has 4 heteroatoms. The molecule has 1 rings (SSSR count). The first-order valence-electron chi connectivity index (χ1n) is 3.76. The first-order chi connectivity index (χ1) is 6.20. The Morgan fingerprint density at radius 3 is 2.69 bits per heavy atom. The summed E-state index contributed by atoms with van der Waals surface area (Å²) < 4.78 is 0. The number of isocyanates is 2. The first kappa shape index (κ1) is 9.33. The molecule has 0 saturated heterocycles. The van der Waals surface area contributed by atoms with Crippen molar-refractivity contribution in [2.45, 2.75) is 18.9 Å². The molecule has 1 aliphatic rings.